The van der Waals surface area contributed by atoms with Gasteiger partial charge in [0.25, 0.3) is 5.91 Å². The number of hydrogen-bond donors (Lipinski definition) is 1. The van der Waals surface area contributed by atoms with E-state index in [1.807, 2.05) is 0 Å². The van der Waals surface area contributed by atoms with Crippen molar-refractivity contribution < 1.29 is 23.1 Å². The van der Waals surface area contributed by atoms with Crippen molar-refractivity contribution in [3.8, 4) is 0 Å². The average Bonchev–Trinajstić information content (AvgIpc) is 2.58. The summed E-state index contributed by atoms with van der Waals surface area (Å²) in [6, 6.07) is 3.74. The molecule has 0 bridgehead atoms. The first-order chi connectivity index (χ1) is 12.0. The van der Waals surface area contributed by atoms with E-state index in [4.69, 9.17) is 4.74 Å². The number of esters is 1. The van der Waals surface area contributed by atoms with Crippen molar-refractivity contribution in [2.75, 3.05) is 12.4 Å². The molecule has 138 valence electrons. The van der Waals surface area contributed by atoms with Crippen LogP contribution in [0.15, 0.2) is 23.1 Å². The highest BCUT2D eigenvalue weighted by molar-refractivity contribution is 7.99. The Hall–Kier alpha value is -1.63. The summed E-state index contributed by atoms with van der Waals surface area (Å²) in [5.74, 6) is -1.77. The van der Waals surface area contributed by atoms with E-state index < -0.39 is 17.6 Å². The molecule has 1 aromatic rings. The van der Waals surface area contributed by atoms with Gasteiger partial charge in [0.2, 0.25) is 0 Å². The number of carbonyl (C=O) groups is 2. The SMILES string of the molecule is C[C@@H]1CCCC[C@@H]1NC(=O)COC(=O)CCSc1ccc(F)c(F)c1. The maximum Gasteiger partial charge on any atom is 0.307 e. The third kappa shape index (κ3) is 6.65. The highest BCUT2D eigenvalue weighted by Gasteiger charge is 2.23. The van der Waals surface area contributed by atoms with Crippen LogP contribution in [0.2, 0.25) is 0 Å². The van der Waals surface area contributed by atoms with Gasteiger partial charge in [-0.15, -0.1) is 11.8 Å². The van der Waals surface area contributed by atoms with E-state index in [1.165, 1.54) is 24.2 Å². The summed E-state index contributed by atoms with van der Waals surface area (Å²) >= 11 is 1.23. The second kappa shape index (κ2) is 9.75. The Morgan fingerprint density at radius 1 is 1.24 bits per heavy atom. The Labute approximate surface area is 150 Å². The lowest BCUT2D eigenvalue weighted by Crippen LogP contribution is -2.42. The summed E-state index contributed by atoms with van der Waals surface area (Å²) in [4.78, 5) is 24.1. The van der Waals surface area contributed by atoms with Crippen molar-refractivity contribution in [3.63, 3.8) is 0 Å². The van der Waals surface area contributed by atoms with Gasteiger partial charge in [0.15, 0.2) is 18.2 Å². The van der Waals surface area contributed by atoms with Crippen molar-refractivity contribution in [3.05, 3.63) is 29.8 Å². The fourth-order valence-corrected chi connectivity index (χ4v) is 3.67. The lowest BCUT2D eigenvalue weighted by molar-refractivity contribution is -0.148. The summed E-state index contributed by atoms with van der Waals surface area (Å²) in [6.07, 6.45) is 4.46. The maximum absolute atomic E-state index is 13.1. The van der Waals surface area contributed by atoms with E-state index >= 15 is 0 Å². The zero-order valence-corrected chi connectivity index (χ0v) is 15.0. The highest BCUT2D eigenvalue weighted by atomic mass is 32.2. The summed E-state index contributed by atoms with van der Waals surface area (Å²) in [7, 11) is 0. The van der Waals surface area contributed by atoms with Crippen molar-refractivity contribution in [2.24, 2.45) is 5.92 Å². The Kier molecular flexibility index (Phi) is 7.68. The number of hydrogen-bond acceptors (Lipinski definition) is 4. The van der Waals surface area contributed by atoms with Gasteiger partial charge in [-0.3, -0.25) is 9.59 Å². The Morgan fingerprint density at radius 2 is 2.00 bits per heavy atom. The minimum absolute atomic E-state index is 0.0940. The molecule has 2 atom stereocenters. The molecule has 25 heavy (non-hydrogen) atoms. The number of ether oxygens (including phenoxy) is 1. The minimum Gasteiger partial charge on any atom is -0.456 e. The summed E-state index contributed by atoms with van der Waals surface area (Å²) in [5.41, 5.74) is 0. The first-order valence-corrected chi connectivity index (χ1v) is 9.47. The lowest BCUT2D eigenvalue weighted by Gasteiger charge is -2.29. The zero-order valence-electron chi connectivity index (χ0n) is 14.2. The van der Waals surface area contributed by atoms with E-state index in [-0.39, 0.29) is 25.0 Å². The number of halogens is 2. The van der Waals surface area contributed by atoms with Gasteiger partial charge in [-0.05, 0) is 37.0 Å². The summed E-state index contributed by atoms with van der Waals surface area (Å²) in [5, 5.41) is 2.92. The van der Waals surface area contributed by atoms with Crippen LogP contribution >= 0.6 is 11.8 Å². The molecule has 4 nitrogen and oxygen atoms in total. The molecule has 1 aromatic carbocycles. The van der Waals surface area contributed by atoms with Crippen LogP contribution in [0.3, 0.4) is 0 Å². The van der Waals surface area contributed by atoms with Crippen LogP contribution in [-0.4, -0.2) is 30.3 Å². The molecule has 1 amide bonds. The molecular formula is C18H23F2NO3S. The fraction of sp³-hybridized carbons (Fsp3) is 0.556. The Balaban J connectivity index is 1.63. The van der Waals surface area contributed by atoms with Gasteiger partial charge in [0.05, 0.1) is 6.42 Å². The van der Waals surface area contributed by atoms with Gasteiger partial charge in [-0.1, -0.05) is 19.8 Å². The molecule has 1 aliphatic rings. The molecule has 1 N–H and O–H groups in total. The average molecular weight is 371 g/mol. The molecule has 0 spiro atoms. The van der Waals surface area contributed by atoms with Crippen molar-refractivity contribution in [1.82, 2.24) is 5.32 Å². The molecule has 1 saturated carbocycles. The van der Waals surface area contributed by atoms with Gasteiger partial charge >= 0.3 is 5.97 Å². The molecule has 1 fully saturated rings. The number of nitrogens with one attached hydrogen (secondary N) is 1. The first-order valence-electron chi connectivity index (χ1n) is 8.48. The van der Waals surface area contributed by atoms with Crippen LogP contribution < -0.4 is 5.32 Å². The van der Waals surface area contributed by atoms with Gasteiger partial charge in [-0.25, -0.2) is 8.78 Å². The van der Waals surface area contributed by atoms with Gasteiger partial charge in [0.1, 0.15) is 0 Å². The van der Waals surface area contributed by atoms with E-state index in [2.05, 4.69) is 12.2 Å². The molecule has 7 heteroatoms. The Morgan fingerprint density at radius 3 is 2.72 bits per heavy atom. The molecule has 0 saturated heterocycles. The van der Waals surface area contributed by atoms with Crippen LogP contribution in [-0.2, 0) is 14.3 Å². The second-order valence-electron chi connectivity index (χ2n) is 6.27. The zero-order chi connectivity index (χ0) is 18.2. The smallest absolute Gasteiger partial charge is 0.307 e. The highest BCUT2D eigenvalue weighted by Crippen LogP contribution is 2.23. The number of carbonyl (C=O) groups excluding carboxylic acids is 2. The van der Waals surface area contributed by atoms with Crippen LogP contribution in [0.5, 0.6) is 0 Å². The number of amides is 1. The molecule has 0 aliphatic heterocycles. The van der Waals surface area contributed by atoms with E-state index in [9.17, 15) is 18.4 Å². The van der Waals surface area contributed by atoms with Crippen molar-refractivity contribution in [2.45, 2.75) is 50.0 Å². The van der Waals surface area contributed by atoms with Crippen LogP contribution in [0, 0.1) is 17.6 Å². The van der Waals surface area contributed by atoms with Crippen LogP contribution in [0.4, 0.5) is 8.78 Å². The largest absolute Gasteiger partial charge is 0.456 e. The van der Waals surface area contributed by atoms with E-state index in [0.29, 0.717) is 16.6 Å². The van der Waals surface area contributed by atoms with Crippen molar-refractivity contribution in [1.29, 1.82) is 0 Å². The van der Waals surface area contributed by atoms with Crippen molar-refractivity contribution >= 4 is 23.6 Å². The molecule has 0 unspecified atom stereocenters. The number of rotatable bonds is 7. The third-order valence-corrected chi connectivity index (χ3v) is 5.28. The number of benzene rings is 1. The lowest BCUT2D eigenvalue weighted by atomic mass is 9.86. The predicted octanol–water partition coefficient (Wildman–Crippen LogP) is 3.69. The van der Waals surface area contributed by atoms with Crippen LogP contribution in [0.1, 0.15) is 39.0 Å². The van der Waals surface area contributed by atoms with E-state index in [1.54, 1.807) is 0 Å². The summed E-state index contributed by atoms with van der Waals surface area (Å²) in [6.45, 7) is 1.84. The Bertz CT molecular complexity index is 612. The van der Waals surface area contributed by atoms with E-state index in [0.717, 1.165) is 31.4 Å². The molecule has 0 aromatic heterocycles. The minimum atomic E-state index is -0.916. The van der Waals surface area contributed by atoms with Gasteiger partial charge < -0.3 is 10.1 Å². The first kappa shape index (κ1) is 19.7. The molecular weight excluding hydrogens is 348 g/mol. The molecule has 0 radical (unpaired) electrons. The summed E-state index contributed by atoms with van der Waals surface area (Å²) < 4.78 is 30.9. The monoisotopic (exact) mass is 371 g/mol. The molecule has 0 heterocycles. The topological polar surface area (TPSA) is 55.4 Å². The molecule has 1 aliphatic carbocycles. The van der Waals surface area contributed by atoms with Gasteiger partial charge in [0, 0.05) is 16.7 Å². The fourth-order valence-electron chi connectivity index (χ4n) is 2.82. The number of thioether (sulfide) groups is 1. The second-order valence-corrected chi connectivity index (χ2v) is 7.44. The van der Waals surface area contributed by atoms with Crippen LogP contribution in [0.25, 0.3) is 0 Å². The maximum atomic E-state index is 13.1. The predicted molar refractivity (Wildman–Crippen MR) is 92.2 cm³/mol. The standard InChI is InChI=1S/C18H23F2NO3S/c1-12-4-2-3-5-16(12)21-17(22)11-24-18(23)8-9-25-13-6-7-14(19)15(20)10-13/h6-7,10,12,16H,2-5,8-9,11H2,1H3,(H,21,22)/t12-,16+/m1/s1. The third-order valence-electron chi connectivity index (χ3n) is 4.29. The van der Waals surface area contributed by atoms with Gasteiger partial charge in [-0.2, -0.15) is 0 Å². The quantitative estimate of drug-likeness (QED) is 0.587. The molecule has 2 rings (SSSR count). The normalized spacial score (nSPS) is 20.1.